The van der Waals surface area contributed by atoms with Gasteiger partial charge in [0.05, 0.1) is 0 Å². The van der Waals surface area contributed by atoms with E-state index in [1.54, 1.807) is 11.3 Å². The first kappa shape index (κ1) is 15.9. The van der Waals surface area contributed by atoms with Crippen LogP contribution in [0.5, 0.6) is 0 Å². The van der Waals surface area contributed by atoms with Gasteiger partial charge < -0.3 is 10.2 Å². The lowest BCUT2D eigenvalue weighted by atomic mass is 10.0. The van der Waals surface area contributed by atoms with Crippen LogP contribution in [0.15, 0.2) is 29.6 Å². The second-order valence-electron chi connectivity index (χ2n) is 6.90. The van der Waals surface area contributed by atoms with Gasteiger partial charge in [-0.05, 0) is 61.2 Å². The van der Waals surface area contributed by atoms with Crippen molar-refractivity contribution < 1.29 is 4.79 Å². The molecule has 2 aliphatic heterocycles. The molecule has 0 aliphatic carbocycles. The molecule has 4 nitrogen and oxygen atoms in total. The molecule has 24 heavy (non-hydrogen) atoms. The molecular weight excluding hydrogens is 318 g/mol. The number of amides is 2. The number of piperidine rings is 1. The molecule has 0 bridgehead atoms. The molecule has 2 saturated heterocycles. The van der Waals surface area contributed by atoms with Crippen LogP contribution in [0.25, 0.3) is 10.1 Å². The summed E-state index contributed by atoms with van der Waals surface area (Å²) in [5.74, 6) is 0. The molecule has 1 aromatic heterocycles. The van der Waals surface area contributed by atoms with Crippen LogP contribution in [0.3, 0.4) is 0 Å². The third-order valence-corrected chi connectivity index (χ3v) is 6.34. The van der Waals surface area contributed by atoms with E-state index < -0.39 is 0 Å². The predicted octanol–water partition coefficient (Wildman–Crippen LogP) is 3.67. The molecule has 2 aromatic rings. The summed E-state index contributed by atoms with van der Waals surface area (Å²) in [6.45, 7) is 4.81. The number of rotatable bonds is 3. The Balaban J connectivity index is 1.35. The van der Waals surface area contributed by atoms with E-state index in [0.717, 1.165) is 19.5 Å². The third kappa shape index (κ3) is 3.28. The Hall–Kier alpha value is -1.59. The lowest BCUT2D eigenvalue weighted by Crippen LogP contribution is -2.51. The zero-order valence-corrected chi connectivity index (χ0v) is 14.9. The summed E-state index contributed by atoms with van der Waals surface area (Å²) in [4.78, 5) is 17.2. The summed E-state index contributed by atoms with van der Waals surface area (Å²) in [5, 5.41) is 6.55. The lowest BCUT2D eigenvalue weighted by Gasteiger charge is -2.37. The average Bonchev–Trinajstić information content (AvgIpc) is 3.30. The molecule has 2 amide bonds. The zero-order chi connectivity index (χ0) is 16.4. The average molecular weight is 343 g/mol. The molecule has 0 spiro atoms. The van der Waals surface area contributed by atoms with Crippen LogP contribution in [0.4, 0.5) is 4.79 Å². The normalized spacial score (nSPS) is 22.2. The van der Waals surface area contributed by atoms with Crippen LogP contribution in [-0.2, 0) is 6.54 Å². The number of carbonyl (C=O) groups excluding carboxylic acids is 1. The molecule has 0 saturated carbocycles. The van der Waals surface area contributed by atoms with Gasteiger partial charge in [-0.1, -0.05) is 18.2 Å². The Kier molecular flexibility index (Phi) is 4.72. The summed E-state index contributed by atoms with van der Waals surface area (Å²) in [5.41, 5.74) is 1.22. The number of carbonyl (C=O) groups is 1. The van der Waals surface area contributed by atoms with Crippen molar-refractivity contribution in [3.8, 4) is 0 Å². The minimum absolute atomic E-state index is 0.0918. The van der Waals surface area contributed by atoms with Gasteiger partial charge in [0.2, 0.25) is 0 Å². The number of fused-ring (bicyclic) bond motifs is 1. The van der Waals surface area contributed by atoms with Crippen LogP contribution in [0.1, 0.15) is 31.2 Å². The second kappa shape index (κ2) is 7.11. The van der Waals surface area contributed by atoms with E-state index in [-0.39, 0.29) is 6.03 Å². The van der Waals surface area contributed by atoms with Crippen LogP contribution >= 0.6 is 11.3 Å². The highest BCUT2D eigenvalue weighted by molar-refractivity contribution is 7.17. The fourth-order valence-corrected chi connectivity index (χ4v) is 4.96. The summed E-state index contributed by atoms with van der Waals surface area (Å²) in [7, 11) is 0. The Labute approximate surface area is 147 Å². The predicted molar refractivity (Wildman–Crippen MR) is 99.5 cm³/mol. The van der Waals surface area contributed by atoms with Crippen LogP contribution < -0.4 is 5.32 Å². The van der Waals surface area contributed by atoms with Crippen molar-refractivity contribution in [2.24, 2.45) is 0 Å². The smallest absolute Gasteiger partial charge is 0.317 e. The minimum Gasteiger partial charge on any atom is -0.334 e. The van der Waals surface area contributed by atoms with Gasteiger partial charge in [0.1, 0.15) is 0 Å². The first-order valence-corrected chi connectivity index (χ1v) is 9.91. The van der Waals surface area contributed by atoms with Crippen LogP contribution in [0, 0.1) is 0 Å². The van der Waals surface area contributed by atoms with Crippen molar-refractivity contribution in [2.45, 2.75) is 38.3 Å². The summed E-state index contributed by atoms with van der Waals surface area (Å²) in [6.07, 6.45) is 4.98. The van der Waals surface area contributed by atoms with Crippen molar-refractivity contribution in [3.05, 3.63) is 35.2 Å². The van der Waals surface area contributed by atoms with Crippen molar-refractivity contribution >= 4 is 27.5 Å². The van der Waals surface area contributed by atoms with Gasteiger partial charge in [0.25, 0.3) is 0 Å². The monoisotopic (exact) mass is 343 g/mol. The quantitative estimate of drug-likeness (QED) is 0.923. The maximum atomic E-state index is 12.6. The maximum Gasteiger partial charge on any atom is 0.317 e. The van der Waals surface area contributed by atoms with E-state index >= 15 is 0 Å². The number of nitrogens with zero attached hydrogens (tertiary/aromatic N) is 2. The van der Waals surface area contributed by atoms with Gasteiger partial charge in [0.15, 0.2) is 0 Å². The van der Waals surface area contributed by atoms with Gasteiger partial charge >= 0.3 is 6.03 Å². The first-order chi connectivity index (χ1) is 11.8. The van der Waals surface area contributed by atoms with Crippen molar-refractivity contribution in [1.29, 1.82) is 0 Å². The van der Waals surface area contributed by atoms with Crippen LogP contribution in [-0.4, -0.2) is 48.1 Å². The molecule has 2 aliphatic rings. The standard InChI is InChI=1S/C19H25N3OS/c23-19(20-12-15-14-24-18-8-2-1-7-17(15)18)22-11-5-6-16(13-22)21-9-3-4-10-21/h1-2,7-8,14,16H,3-6,9-13H2,(H,20,23)/t16-/m0/s1. The van der Waals surface area contributed by atoms with Gasteiger partial charge in [-0.15, -0.1) is 11.3 Å². The third-order valence-electron chi connectivity index (χ3n) is 5.33. The molecule has 1 aromatic carbocycles. The Bertz CT molecular complexity index is 707. The van der Waals surface area contributed by atoms with Gasteiger partial charge in [-0.2, -0.15) is 0 Å². The largest absolute Gasteiger partial charge is 0.334 e. The molecular formula is C19H25N3OS. The van der Waals surface area contributed by atoms with E-state index in [1.165, 1.54) is 48.0 Å². The SMILES string of the molecule is O=C(NCc1csc2ccccc12)N1CCC[C@H](N2CCCC2)C1. The highest BCUT2D eigenvalue weighted by atomic mass is 32.1. The van der Waals surface area contributed by atoms with Gasteiger partial charge in [0, 0.05) is 30.4 Å². The molecule has 0 radical (unpaired) electrons. The van der Waals surface area contributed by atoms with E-state index in [0.29, 0.717) is 12.6 Å². The number of benzene rings is 1. The Morgan fingerprint density at radius 1 is 1.17 bits per heavy atom. The van der Waals surface area contributed by atoms with Crippen LogP contribution in [0.2, 0.25) is 0 Å². The van der Waals surface area contributed by atoms with E-state index in [9.17, 15) is 4.79 Å². The topological polar surface area (TPSA) is 35.6 Å². The number of hydrogen-bond acceptors (Lipinski definition) is 3. The van der Waals surface area contributed by atoms with E-state index in [4.69, 9.17) is 0 Å². The maximum absolute atomic E-state index is 12.6. The lowest BCUT2D eigenvalue weighted by molar-refractivity contribution is 0.125. The highest BCUT2D eigenvalue weighted by Gasteiger charge is 2.29. The number of thiophene rings is 1. The Morgan fingerprint density at radius 2 is 2.00 bits per heavy atom. The fourth-order valence-electron chi connectivity index (χ4n) is 4.00. The molecule has 3 heterocycles. The number of nitrogens with one attached hydrogen (secondary N) is 1. The number of likely N-dealkylation sites (tertiary alicyclic amines) is 2. The number of urea groups is 1. The van der Waals surface area contributed by atoms with Crippen molar-refractivity contribution in [2.75, 3.05) is 26.2 Å². The van der Waals surface area contributed by atoms with Crippen molar-refractivity contribution in [1.82, 2.24) is 15.1 Å². The fraction of sp³-hybridized carbons (Fsp3) is 0.526. The zero-order valence-electron chi connectivity index (χ0n) is 14.0. The molecule has 2 fully saturated rings. The molecule has 4 rings (SSSR count). The molecule has 128 valence electrons. The molecule has 1 atom stereocenters. The minimum atomic E-state index is 0.0918. The summed E-state index contributed by atoms with van der Waals surface area (Å²) < 4.78 is 1.29. The van der Waals surface area contributed by atoms with E-state index in [2.05, 4.69) is 39.9 Å². The van der Waals surface area contributed by atoms with Crippen molar-refractivity contribution in [3.63, 3.8) is 0 Å². The highest BCUT2D eigenvalue weighted by Crippen LogP contribution is 2.25. The Morgan fingerprint density at radius 3 is 2.88 bits per heavy atom. The van der Waals surface area contributed by atoms with Gasteiger partial charge in [-0.3, -0.25) is 4.90 Å². The first-order valence-electron chi connectivity index (χ1n) is 9.03. The molecule has 5 heteroatoms. The van der Waals surface area contributed by atoms with Gasteiger partial charge in [-0.25, -0.2) is 4.79 Å². The summed E-state index contributed by atoms with van der Waals surface area (Å²) in [6, 6.07) is 9.05. The number of hydrogen-bond donors (Lipinski definition) is 1. The second-order valence-corrected chi connectivity index (χ2v) is 7.81. The summed E-state index contributed by atoms with van der Waals surface area (Å²) >= 11 is 1.75. The van der Waals surface area contributed by atoms with E-state index in [1.807, 2.05) is 4.90 Å². The molecule has 0 unspecified atom stereocenters. The molecule has 1 N–H and O–H groups in total.